The van der Waals surface area contributed by atoms with Crippen molar-refractivity contribution in [3.05, 3.63) is 106 Å². The van der Waals surface area contributed by atoms with Crippen molar-refractivity contribution in [1.82, 2.24) is 9.78 Å². The number of carbonyl (C=O) groups is 1. The first-order valence-electron chi connectivity index (χ1n) is 10.7. The minimum Gasteiger partial charge on any atom is -0.490 e. The van der Waals surface area contributed by atoms with Crippen molar-refractivity contribution < 1.29 is 19.3 Å². The number of para-hydroxylation sites is 1. The van der Waals surface area contributed by atoms with Crippen LogP contribution in [0.15, 0.2) is 84.1 Å². The molecule has 0 unspecified atom stereocenters. The highest BCUT2D eigenvalue weighted by Crippen LogP contribution is 2.28. The summed E-state index contributed by atoms with van der Waals surface area (Å²) in [7, 11) is 1.35. The van der Waals surface area contributed by atoms with Crippen molar-refractivity contribution in [3.63, 3.8) is 0 Å². The molecule has 0 aliphatic rings. The number of rotatable bonds is 7. The van der Waals surface area contributed by atoms with Crippen LogP contribution in [0.25, 0.3) is 16.9 Å². The fourth-order valence-corrected chi connectivity index (χ4v) is 3.43. The second-order valence-electron chi connectivity index (χ2n) is 7.74. The second kappa shape index (κ2) is 10.0. The average Bonchev–Trinajstić information content (AvgIpc) is 3.33. The van der Waals surface area contributed by atoms with E-state index in [1.807, 2.05) is 61.5 Å². The fraction of sp³-hybridized carbons (Fsp3) is 0.115. The zero-order valence-electron chi connectivity index (χ0n) is 19.3. The van der Waals surface area contributed by atoms with Crippen molar-refractivity contribution in [2.45, 2.75) is 13.8 Å². The summed E-state index contributed by atoms with van der Waals surface area (Å²) in [5, 5.41) is 19.8. The summed E-state index contributed by atoms with van der Waals surface area (Å²) in [6.07, 6.45) is 1.59. The fourth-order valence-electron chi connectivity index (χ4n) is 3.43. The minimum atomic E-state index is -0.704. The molecule has 0 spiro atoms. The number of nitro benzene ring substituents is 1. The Bertz CT molecular complexity index is 1410. The number of hydrogen-bond acceptors (Lipinski definition) is 7. The van der Waals surface area contributed by atoms with Gasteiger partial charge in [0.15, 0.2) is 5.75 Å². The lowest BCUT2D eigenvalue weighted by molar-refractivity contribution is -0.385. The number of carbonyl (C=O) groups excluding carboxylic acids is 1. The van der Waals surface area contributed by atoms with Crippen molar-refractivity contribution in [3.8, 4) is 22.7 Å². The van der Waals surface area contributed by atoms with Gasteiger partial charge in [0.1, 0.15) is 11.3 Å². The van der Waals surface area contributed by atoms with Crippen LogP contribution < -0.4 is 4.74 Å². The molecule has 9 nitrogen and oxygen atoms in total. The standard InChI is InChI=1S/C26H22N4O5/c1-17-9-11-19(12-10-17)25-22(16-29(27-25)21-7-5-4-6-8-21)26(31)35-28-18(2)20-13-14-24(34-3)23(15-20)30(32)33/h4-16H,1-3H3. The second-order valence-corrected chi connectivity index (χ2v) is 7.74. The summed E-state index contributed by atoms with van der Waals surface area (Å²) in [4.78, 5) is 29.0. The molecule has 3 aromatic carbocycles. The van der Waals surface area contributed by atoms with E-state index in [1.54, 1.807) is 23.9 Å². The molecule has 4 rings (SSSR count). The van der Waals surface area contributed by atoms with Crippen LogP contribution in [0.4, 0.5) is 5.69 Å². The van der Waals surface area contributed by atoms with Crippen LogP contribution in [0, 0.1) is 17.0 Å². The third kappa shape index (κ3) is 5.09. The Kier molecular flexibility index (Phi) is 6.68. The SMILES string of the molecule is COc1ccc(C(C)=NOC(=O)c2cn(-c3ccccc3)nc2-c2ccc(C)cc2)cc1[N+](=O)[O-]. The third-order valence-corrected chi connectivity index (χ3v) is 5.34. The zero-order chi connectivity index (χ0) is 24.9. The van der Waals surface area contributed by atoms with Gasteiger partial charge >= 0.3 is 11.7 Å². The Morgan fingerprint density at radius 3 is 2.43 bits per heavy atom. The van der Waals surface area contributed by atoms with Gasteiger partial charge in [-0.2, -0.15) is 5.10 Å². The number of aryl methyl sites for hydroxylation is 1. The Labute approximate surface area is 201 Å². The largest absolute Gasteiger partial charge is 0.490 e. The smallest absolute Gasteiger partial charge is 0.369 e. The maximum Gasteiger partial charge on any atom is 0.369 e. The van der Waals surface area contributed by atoms with Crippen LogP contribution in [0.1, 0.15) is 28.4 Å². The Morgan fingerprint density at radius 2 is 1.77 bits per heavy atom. The van der Waals surface area contributed by atoms with E-state index in [2.05, 4.69) is 10.3 Å². The van der Waals surface area contributed by atoms with Gasteiger partial charge in [0.05, 0.1) is 23.4 Å². The molecule has 0 radical (unpaired) electrons. The lowest BCUT2D eigenvalue weighted by Crippen LogP contribution is -2.05. The van der Waals surface area contributed by atoms with Crippen LogP contribution in [-0.2, 0) is 4.84 Å². The van der Waals surface area contributed by atoms with Gasteiger partial charge in [-0.05, 0) is 38.1 Å². The first-order valence-corrected chi connectivity index (χ1v) is 10.7. The van der Waals surface area contributed by atoms with Crippen LogP contribution in [0.5, 0.6) is 5.75 Å². The number of methoxy groups -OCH3 is 1. The highest BCUT2D eigenvalue weighted by Gasteiger charge is 2.21. The number of oxime groups is 1. The summed E-state index contributed by atoms with van der Waals surface area (Å²) in [5.74, 6) is -0.579. The third-order valence-electron chi connectivity index (χ3n) is 5.34. The van der Waals surface area contributed by atoms with Crippen molar-refractivity contribution in [2.24, 2.45) is 5.16 Å². The van der Waals surface area contributed by atoms with Crippen molar-refractivity contribution in [2.75, 3.05) is 7.11 Å². The predicted molar refractivity (Wildman–Crippen MR) is 131 cm³/mol. The monoisotopic (exact) mass is 470 g/mol. The molecule has 0 saturated carbocycles. The first-order chi connectivity index (χ1) is 16.9. The summed E-state index contributed by atoms with van der Waals surface area (Å²) < 4.78 is 6.63. The Morgan fingerprint density at radius 1 is 1.06 bits per heavy atom. The molecule has 35 heavy (non-hydrogen) atoms. The van der Waals surface area contributed by atoms with E-state index >= 15 is 0 Å². The molecule has 0 fully saturated rings. The lowest BCUT2D eigenvalue weighted by Gasteiger charge is -2.05. The average molecular weight is 470 g/mol. The summed E-state index contributed by atoms with van der Waals surface area (Å²) >= 11 is 0. The van der Waals surface area contributed by atoms with Gasteiger partial charge in [0.25, 0.3) is 0 Å². The van der Waals surface area contributed by atoms with E-state index in [1.165, 1.54) is 19.2 Å². The van der Waals surface area contributed by atoms with Crippen molar-refractivity contribution >= 4 is 17.4 Å². The summed E-state index contributed by atoms with van der Waals surface area (Å²) in [6, 6.07) is 21.4. The van der Waals surface area contributed by atoms with Gasteiger partial charge in [-0.1, -0.05) is 53.2 Å². The van der Waals surface area contributed by atoms with Gasteiger partial charge < -0.3 is 9.57 Å². The predicted octanol–water partition coefficient (Wildman–Crippen LogP) is 5.35. The van der Waals surface area contributed by atoms with E-state index in [-0.39, 0.29) is 22.7 Å². The van der Waals surface area contributed by atoms with E-state index in [0.717, 1.165) is 16.8 Å². The number of aromatic nitrogens is 2. The van der Waals surface area contributed by atoms with Gasteiger partial charge in [-0.25, -0.2) is 9.48 Å². The number of ether oxygens (including phenoxy) is 1. The Hall–Kier alpha value is -4.79. The highest BCUT2D eigenvalue weighted by molar-refractivity contribution is 6.01. The molecule has 4 aromatic rings. The van der Waals surface area contributed by atoms with E-state index in [9.17, 15) is 14.9 Å². The molecular formula is C26H22N4O5. The van der Waals surface area contributed by atoms with Crippen LogP contribution in [0.3, 0.4) is 0 Å². The van der Waals surface area contributed by atoms with Gasteiger partial charge in [0, 0.05) is 23.4 Å². The number of nitrogens with zero attached hydrogens (tertiary/aromatic N) is 4. The molecule has 0 bridgehead atoms. The highest BCUT2D eigenvalue weighted by atomic mass is 16.7. The maximum atomic E-state index is 13.1. The first kappa shape index (κ1) is 23.4. The summed E-state index contributed by atoms with van der Waals surface area (Å²) in [5.41, 5.74) is 3.79. The molecule has 176 valence electrons. The molecule has 0 aliphatic carbocycles. The molecule has 9 heteroatoms. The van der Waals surface area contributed by atoms with Crippen LogP contribution >= 0.6 is 0 Å². The topological polar surface area (TPSA) is 109 Å². The normalized spacial score (nSPS) is 11.2. The molecule has 0 atom stereocenters. The van der Waals surface area contributed by atoms with Crippen LogP contribution in [0.2, 0.25) is 0 Å². The van der Waals surface area contributed by atoms with Gasteiger partial charge in [-0.15, -0.1) is 0 Å². The van der Waals surface area contributed by atoms with Crippen molar-refractivity contribution in [1.29, 1.82) is 0 Å². The number of hydrogen-bond donors (Lipinski definition) is 0. The minimum absolute atomic E-state index is 0.125. The lowest BCUT2D eigenvalue weighted by atomic mass is 10.1. The zero-order valence-corrected chi connectivity index (χ0v) is 19.3. The van der Waals surface area contributed by atoms with E-state index in [0.29, 0.717) is 11.3 Å². The summed E-state index contributed by atoms with van der Waals surface area (Å²) in [6.45, 7) is 3.57. The molecular weight excluding hydrogens is 448 g/mol. The molecule has 1 aromatic heterocycles. The van der Waals surface area contributed by atoms with Gasteiger partial charge in [-0.3, -0.25) is 10.1 Å². The quantitative estimate of drug-likeness (QED) is 0.156. The Balaban J connectivity index is 1.66. The number of nitro groups is 1. The molecule has 0 amide bonds. The molecule has 0 saturated heterocycles. The molecule has 0 N–H and O–H groups in total. The van der Waals surface area contributed by atoms with E-state index < -0.39 is 10.9 Å². The van der Waals surface area contributed by atoms with Crippen LogP contribution in [-0.4, -0.2) is 33.5 Å². The van der Waals surface area contributed by atoms with Gasteiger partial charge in [0.2, 0.25) is 0 Å². The number of benzene rings is 3. The molecule has 0 aliphatic heterocycles. The van der Waals surface area contributed by atoms with E-state index in [4.69, 9.17) is 9.57 Å². The maximum absolute atomic E-state index is 13.1. The molecule has 1 heterocycles.